The Labute approximate surface area is 121 Å². The molecule has 0 aliphatic rings. The zero-order valence-corrected chi connectivity index (χ0v) is 13.4. The zero-order valence-electron chi connectivity index (χ0n) is 8.68. The van der Waals surface area contributed by atoms with Gasteiger partial charge in [0.05, 0.1) is 15.6 Å². The molecule has 1 rings (SSSR count). The second-order valence-electron chi connectivity index (χ2n) is 3.33. The highest BCUT2D eigenvalue weighted by Crippen LogP contribution is 2.36. The maximum Gasteiger partial charge on any atom is 0.147 e. The van der Waals surface area contributed by atoms with E-state index < -0.39 is 0 Å². The van der Waals surface area contributed by atoms with Gasteiger partial charge in [0, 0.05) is 11.1 Å². The van der Waals surface area contributed by atoms with E-state index in [2.05, 4.69) is 47.8 Å². The molecule has 0 aliphatic heterocycles. The molecule has 0 heterocycles. The fraction of sp³-hybridized carbons (Fsp3) is 0.455. The second kappa shape index (κ2) is 7.69. The molecule has 0 saturated carbocycles. The molecule has 0 amide bonds. The Morgan fingerprint density at radius 1 is 1.00 bits per heavy atom. The predicted octanol–water partition coefficient (Wildman–Crippen LogP) is 4.52. The van der Waals surface area contributed by atoms with Crippen molar-refractivity contribution in [1.29, 1.82) is 0 Å². The van der Waals surface area contributed by atoms with Gasteiger partial charge in [0.25, 0.3) is 0 Å². The fourth-order valence-electron chi connectivity index (χ4n) is 1.23. The third-order valence-corrected chi connectivity index (χ3v) is 3.65. The van der Waals surface area contributed by atoms with Crippen LogP contribution in [-0.2, 0) is 0 Å². The lowest BCUT2D eigenvalue weighted by atomic mass is 10.2. The number of hydrogen-bond donors (Lipinski definition) is 1. The van der Waals surface area contributed by atoms with Crippen molar-refractivity contribution in [2.75, 3.05) is 13.2 Å². The van der Waals surface area contributed by atoms with Crippen LogP contribution in [0.3, 0.4) is 0 Å². The number of benzene rings is 1. The van der Waals surface area contributed by atoms with Gasteiger partial charge in [0.15, 0.2) is 0 Å². The first-order valence-electron chi connectivity index (χ1n) is 5.03. The topological polar surface area (TPSA) is 29.5 Å². The summed E-state index contributed by atoms with van der Waals surface area (Å²) in [5.41, 5.74) is 0. The lowest BCUT2D eigenvalue weighted by molar-refractivity contribution is 0.265. The second-order valence-corrected chi connectivity index (χ2v) is 5.96. The molecule has 0 unspecified atom stereocenters. The lowest BCUT2D eigenvalue weighted by Crippen LogP contribution is -1.99. The highest BCUT2D eigenvalue weighted by Gasteiger charge is 2.07. The van der Waals surface area contributed by atoms with Crippen LogP contribution in [0, 0.1) is 0 Å². The summed E-state index contributed by atoms with van der Waals surface area (Å²) in [7, 11) is 0. The van der Waals surface area contributed by atoms with E-state index in [1.165, 1.54) is 0 Å². The van der Waals surface area contributed by atoms with Gasteiger partial charge in [-0.25, -0.2) is 0 Å². The molecule has 5 heteroatoms. The number of aliphatic hydroxyl groups excluding tert-OH is 1. The largest absolute Gasteiger partial charge is 0.491 e. The predicted molar refractivity (Wildman–Crippen MR) is 76.0 cm³/mol. The van der Waals surface area contributed by atoms with Gasteiger partial charge in [0.2, 0.25) is 0 Å². The first-order valence-corrected chi connectivity index (χ1v) is 7.41. The van der Waals surface area contributed by atoms with Gasteiger partial charge in [-0.15, -0.1) is 0 Å². The minimum Gasteiger partial charge on any atom is -0.491 e. The van der Waals surface area contributed by atoms with Crippen LogP contribution in [0.4, 0.5) is 0 Å². The Morgan fingerprint density at radius 2 is 1.62 bits per heavy atom. The van der Waals surface area contributed by atoms with E-state index in [-0.39, 0.29) is 6.61 Å². The van der Waals surface area contributed by atoms with E-state index in [1.54, 1.807) is 0 Å². The van der Waals surface area contributed by atoms with Crippen molar-refractivity contribution >= 4 is 47.8 Å². The standard InChI is InChI=1S/C11H13Br3O2/c12-8-6-9(13)11(10(14)7-8)16-5-3-1-2-4-15/h6-7,15H,1-5H2. The van der Waals surface area contributed by atoms with Crippen molar-refractivity contribution < 1.29 is 9.84 Å². The minimum absolute atomic E-state index is 0.256. The van der Waals surface area contributed by atoms with Crippen molar-refractivity contribution in [2.24, 2.45) is 0 Å². The summed E-state index contributed by atoms with van der Waals surface area (Å²) in [5, 5.41) is 8.64. The number of aliphatic hydroxyl groups is 1. The number of unbranched alkanes of at least 4 members (excludes halogenated alkanes) is 2. The van der Waals surface area contributed by atoms with Crippen molar-refractivity contribution in [3.05, 3.63) is 25.6 Å². The van der Waals surface area contributed by atoms with E-state index >= 15 is 0 Å². The highest BCUT2D eigenvalue weighted by molar-refractivity contribution is 9.11. The van der Waals surface area contributed by atoms with E-state index in [0.717, 1.165) is 38.4 Å². The highest BCUT2D eigenvalue weighted by atomic mass is 79.9. The van der Waals surface area contributed by atoms with Crippen molar-refractivity contribution in [2.45, 2.75) is 19.3 Å². The summed E-state index contributed by atoms with van der Waals surface area (Å²) >= 11 is 10.3. The van der Waals surface area contributed by atoms with E-state index in [9.17, 15) is 0 Å². The van der Waals surface area contributed by atoms with Crippen molar-refractivity contribution in [1.82, 2.24) is 0 Å². The van der Waals surface area contributed by atoms with Crippen molar-refractivity contribution in [3.63, 3.8) is 0 Å². The van der Waals surface area contributed by atoms with E-state index in [0.29, 0.717) is 6.61 Å². The SMILES string of the molecule is OCCCCCOc1c(Br)cc(Br)cc1Br. The molecule has 0 aromatic heterocycles. The smallest absolute Gasteiger partial charge is 0.147 e. The Balaban J connectivity index is 2.47. The summed E-state index contributed by atoms with van der Waals surface area (Å²) in [6.07, 6.45) is 2.78. The molecule has 0 aliphatic carbocycles. The van der Waals surface area contributed by atoms with Gasteiger partial charge in [0.1, 0.15) is 5.75 Å². The van der Waals surface area contributed by atoms with Crippen LogP contribution in [0.15, 0.2) is 25.6 Å². The number of hydrogen-bond acceptors (Lipinski definition) is 2. The van der Waals surface area contributed by atoms with E-state index in [1.807, 2.05) is 12.1 Å². The molecule has 0 spiro atoms. The summed E-state index contributed by atoms with van der Waals surface area (Å²) in [5.74, 6) is 0.826. The van der Waals surface area contributed by atoms with Gasteiger partial charge in [-0.3, -0.25) is 0 Å². The molecule has 90 valence electrons. The molecular weight excluding hydrogens is 404 g/mol. The Morgan fingerprint density at radius 3 is 2.19 bits per heavy atom. The third-order valence-electron chi connectivity index (χ3n) is 2.01. The van der Waals surface area contributed by atoms with Crippen LogP contribution in [0.2, 0.25) is 0 Å². The molecule has 0 fully saturated rings. The Kier molecular flexibility index (Phi) is 6.96. The molecular formula is C11H13Br3O2. The van der Waals surface area contributed by atoms with Crippen LogP contribution < -0.4 is 4.74 Å². The maximum atomic E-state index is 8.64. The normalized spacial score (nSPS) is 10.5. The average molecular weight is 417 g/mol. The minimum atomic E-state index is 0.256. The number of rotatable bonds is 6. The van der Waals surface area contributed by atoms with Gasteiger partial charge in [-0.05, 0) is 63.3 Å². The van der Waals surface area contributed by atoms with Gasteiger partial charge < -0.3 is 9.84 Å². The first-order chi connectivity index (χ1) is 7.65. The zero-order chi connectivity index (χ0) is 12.0. The van der Waals surface area contributed by atoms with Crippen molar-refractivity contribution in [3.8, 4) is 5.75 Å². The van der Waals surface area contributed by atoms with E-state index in [4.69, 9.17) is 9.84 Å². The van der Waals surface area contributed by atoms with Crippen LogP contribution in [0.5, 0.6) is 5.75 Å². The lowest BCUT2D eigenvalue weighted by Gasteiger charge is -2.10. The summed E-state index contributed by atoms with van der Waals surface area (Å²) in [6.45, 7) is 0.921. The van der Waals surface area contributed by atoms with Gasteiger partial charge >= 0.3 is 0 Å². The summed E-state index contributed by atoms with van der Waals surface area (Å²) in [6, 6.07) is 3.90. The van der Waals surface area contributed by atoms with Crippen LogP contribution in [0.1, 0.15) is 19.3 Å². The molecule has 0 bridgehead atoms. The molecule has 16 heavy (non-hydrogen) atoms. The molecule has 1 aromatic rings. The van der Waals surface area contributed by atoms with Crippen LogP contribution >= 0.6 is 47.8 Å². The average Bonchev–Trinajstić information content (AvgIpc) is 2.20. The monoisotopic (exact) mass is 414 g/mol. The van der Waals surface area contributed by atoms with Crippen LogP contribution in [-0.4, -0.2) is 18.3 Å². The molecule has 0 saturated heterocycles. The maximum absolute atomic E-state index is 8.64. The van der Waals surface area contributed by atoms with Crippen LogP contribution in [0.25, 0.3) is 0 Å². The molecule has 0 atom stereocenters. The van der Waals surface area contributed by atoms with Gasteiger partial charge in [-0.2, -0.15) is 0 Å². The molecule has 1 aromatic carbocycles. The summed E-state index contributed by atoms with van der Waals surface area (Å²) in [4.78, 5) is 0. The molecule has 2 nitrogen and oxygen atoms in total. The number of ether oxygens (including phenoxy) is 1. The quantitative estimate of drug-likeness (QED) is 0.691. The fourth-order valence-corrected chi connectivity index (χ4v) is 3.72. The third kappa shape index (κ3) is 4.73. The van der Waals surface area contributed by atoms with Gasteiger partial charge in [-0.1, -0.05) is 15.9 Å². The summed E-state index contributed by atoms with van der Waals surface area (Å²) < 4.78 is 8.53. The molecule has 0 radical (unpaired) electrons. The molecule has 1 N–H and O–H groups in total. The first kappa shape index (κ1) is 14.5. The Bertz CT molecular complexity index is 319. The Hall–Kier alpha value is 0.420. The number of halogens is 3.